The zero-order valence-corrected chi connectivity index (χ0v) is 10.6. The Morgan fingerprint density at radius 2 is 2.35 bits per heavy atom. The summed E-state index contributed by atoms with van der Waals surface area (Å²) in [6.45, 7) is 3.96. The fourth-order valence-electron chi connectivity index (χ4n) is 2.55. The Morgan fingerprint density at radius 1 is 1.59 bits per heavy atom. The number of carbonyl (C=O) groups excluding carboxylic acids is 1. The molecule has 1 aliphatic rings. The van der Waals surface area contributed by atoms with Crippen molar-refractivity contribution in [1.29, 1.82) is 0 Å². The van der Waals surface area contributed by atoms with Crippen LogP contribution in [0.3, 0.4) is 0 Å². The number of nitrogens with two attached hydrogens (primary N) is 1. The first-order chi connectivity index (χ1) is 8.11. The summed E-state index contributed by atoms with van der Waals surface area (Å²) in [7, 11) is 1.87. The van der Waals surface area contributed by atoms with E-state index in [1.165, 1.54) is 6.42 Å². The first-order valence-electron chi connectivity index (χ1n) is 6.33. The SMILES string of the molecule is CCC1CCCN(C(=O)c2cc(N)cn2C)C1. The average molecular weight is 235 g/mol. The summed E-state index contributed by atoms with van der Waals surface area (Å²) in [5.74, 6) is 0.771. The molecule has 0 bridgehead atoms. The summed E-state index contributed by atoms with van der Waals surface area (Å²) in [6.07, 6.45) is 5.30. The van der Waals surface area contributed by atoms with Gasteiger partial charge in [0.25, 0.3) is 5.91 Å². The third-order valence-corrected chi connectivity index (χ3v) is 3.63. The maximum atomic E-state index is 12.3. The minimum Gasteiger partial charge on any atom is -0.397 e. The lowest BCUT2D eigenvalue weighted by molar-refractivity contribution is 0.0661. The monoisotopic (exact) mass is 235 g/mol. The molecule has 1 aromatic rings. The Hall–Kier alpha value is -1.45. The van der Waals surface area contributed by atoms with Gasteiger partial charge in [0.1, 0.15) is 5.69 Å². The number of carbonyl (C=O) groups is 1. The maximum absolute atomic E-state index is 12.3. The largest absolute Gasteiger partial charge is 0.397 e. The van der Waals surface area contributed by atoms with E-state index < -0.39 is 0 Å². The second-order valence-corrected chi connectivity index (χ2v) is 4.94. The summed E-state index contributed by atoms with van der Waals surface area (Å²) in [6, 6.07) is 1.76. The molecule has 1 aromatic heterocycles. The number of nitrogen functional groups attached to an aromatic ring is 1. The van der Waals surface area contributed by atoms with Crippen LogP contribution in [0.15, 0.2) is 12.3 Å². The topological polar surface area (TPSA) is 51.3 Å². The van der Waals surface area contributed by atoms with Gasteiger partial charge in [-0.05, 0) is 24.8 Å². The molecule has 1 fully saturated rings. The molecule has 2 heterocycles. The Morgan fingerprint density at radius 3 is 2.94 bits per heavy atom. The van der Waals surface area contributed by atoms with Gasteiger partial charge in [-0.1, -0.05) is 13.3 Å². The van der Waals surface area contributed by atoms with Crippen LogP contribution in [0.2, 0.25) is 0 Å². The van der Waals surface area contributed by atoms with E-state index in [1.54, 1.807) is 12.3 Å². The molecule has 0 aromatic carbocycles. The highest BCUT2D eigenvalue weighted by atomic mass is 16.2. The van der Waals surface area contributed by atoms with Crippen molar-refractivity contribution >= 4 is 11.6 Å². The van der Waals surface area contributed by atoms with Gasteiger partial charge >= 0.3 is 0 Å². The molecule has 0 saturated carbocycles. The number of aryl methyl sites for hydroxylation is 1. The smallest absolute Gasteiger partial charge is 0.270 e. The van der Waals surface area contributed by atoms with Crippen molar-refractivity contribution in [3.63, 3.8) is 0 Å². The molecule has 1 atom stereocenters. The van der Waals surface area contributed by atoms with Crippen LogP contribution in [-0.2, 0) is 7.05 Å². The van der Waals surface area contributed by atoms with Gasteiger partial charge in [0, 0.05) is 26.3 Å². The van der Waals surface area contributed by atoms with E-state index in [4.69, 9.17) is 5.73 Å². The van der Waals surface area contributed by atoms with Crippen LogP contribution in [0.5, 0.6) is 0 Å². The van der Waals surface area contributed by atoms with Gasteiger partial charge in [0.15, 0.2) is 0 Å². The molecule has 2 N–H and O–H groups in total. The minimum absolute atomic E-state index is 0.113. The number of piperidine rings is 1. The van der Waals surface area contributed by atoms with Crippen LogP contribution in [0.1, 0.15) is 36.7 Å². The van der Waals surface area contributed by atoms with E-state index in [1.807, 2.05) is 16.5 Å². The van der Waals surface area contributed by atoms with E-state index >= 15 is 0 Å². The molecule has 1 amide bonds. The first-order valence-corrected chi connectivity index (χ1v) is 6.33. The number of aromatic nitrogens is 1. The number of hydrogen-bond acceptors (Lipinski definition) is 2. The number of amides is 1. The highest BCUT2D eigenvalue weighted by Crippen LogP contribution is 2.21. The summed E-state index contributed by atoms with van der Waals surface area (Å²) < 4.78 is 1.81. The Balaban J connectivity index is 2.12. The predicted octanol–water partition coefficient (Wildman–Crippen LogP) is 1.87. The Kier molecular flexibility index (Phi) is 3.41. The predicted molar refractivity (Wildman–Crippen MR) is 68.7 cm³/mol. The lowest BCUT2D eigenvalue weighted by Crippen LogP contribution is -2.40. The third-order valence-electron chi connectivity index (χ3n) is 3.63. The Bertz CT molecular complexity index is 411. The fraction of sp³-hybridized carbons (Fsp3) is 0.615. The lowest BCUT2D eigenvalue weighted by Gasteiger charge is -2.32. The number of rotatable bonds is 2. The molecule has 1 saturated heterocycles. The van der Waals surface area contributed by atoms with Crippen LogP contribution in [-0.4, -0.2) is 28.5 Å². The summed E-state index contributed by atoms with van der Waals surface area (Å²) >= 11 is 0. The van der Waals surface area contributed by atoms with Gasteiger partial charge in [-0.25, -0.2) is 0 Å². The van der Waals surface area contributed by atoms with Crippen LogP contribution < -0.4 is 5.73 Å². The highest BCUT2D eigenvalue weighted by molar-refractivity contribution is 5.93. The average Bonchev–Trinajstić information content (AvgIpc) is 2.67. The van der Waals surface area contributed by atoms with Crippen molar-refractivity contribution in [3.8, 4) is 0 Å². The number of nitrogens with zero attached hydrogens (tertiary/aromatic N) is 2. The first kappa shape index (κ1) is 12.0. The van der Waals surface area contributed by atoms with Crippen molar-refractivity contribution in [1.82, 2.24) is 9.47 Å². The molecule has 0 radical (unpaired) electrons. The normalized spacial score (nSPS) is 20.6. The molecule has 4 nitrogen and oxygen atoms in total. The van der Waals surface area contributed by atoms with Gasteiger partial charge in [-0.3, -0.25) is 4.79 Å². The van der Waals surface area contributed by atoms with Crippen molar-refractivity contribution in [2.45, 2.75) is 26.2 Å². The lowest BCUT2D eigenvalue weighted by atomic mass is 9.95. The highest BCUT2D eigenvalue weighted by Gasteiger charge is 2.24. The fourth-order valence-corrected chi connectivity index (χ4v) is 2.55. The third kappa shape index (κ3) is 2.46. The summed E-state index contributed by atoms with van der Waals surface area (Å²) in [4.78, 5) is 14.3. The Labute approximate surface area is 102 Å². The molecule has 4 heteroatoms. The van der Waals surface area contributed by atoms with Crippen molar-refractivity contribution in [2.75, 3.05) is 18.8 Å². The summed E-state index contributed by atoms with van der Waals surface area (Å²) in [5, 5.41) is 0. The molecule has 1 aliphatic heterocycles. The second-order valence-electron chi connectivity index (χ2n) is 4.94. The maximum Gasteiger partial charge on any atom is 0.270 e. The molecule has 0 spiro atoms. The van der Waals surface area contributed by atoms with Gasteiger partial charge in [-0.15, -0.1) is 0 Å². The summed E-state index contributed by atoms with van der Waals surface area (Å²) in [5.41, 5.74) is 7.06. The van der Waals surface area contributed by atoms with Crippen LogP contribution in [0.25, 0.3) is 0 Å². The van der Waals surface area contributed by atoms with Crippen molar-refractivity contribution < 1.29 is 4.79 Å². The standard InChI is InChI=1S/C13H21N3O/c1-3-10-5-4-6-16(8-10)13(17)12-7-11(14)9-15(12)2/h7,9-10H,3-6,8,14H2,1-2H3. The van der Waals surface area contributed by atoms with Gasteiger partial charge in [0.2, 0.25) is 0 Å². The number of hydrogen-bond donors (Lipinski definition) is 1. The van der Waals surface area contributed by atoms with Crippen LogP contribution in [0, 0.1) is 5.92 Å². The van der Waals surface area contributed by atoms with Gasteiger partial charge in [0.05, 0.1) is 5.69 Å². The molecule has 2 rings (SSSR count). The van der Waals surface area contributed by atoms with Crippen LogP contribution >= 0.6 is 0 Å². The minimum atomic E-state index is 0.113. The molecule has 1 unspecified atom stereocenters. The van der Waals surface area contributed by atoms with E-state index in [-0.39, 0.29) is 5.91 Å². The van der Waals surface area contributed by atoms with E-state index in [0.717, 1.165) is 25.9 Å². The van der Waals surface area contributed by atoms with Crippen molar-refractivity contribution in [2.24, 2.45) is 13.0 Å². The van der Waals surface area contributed by atoms with Gasteiger partial charge < -0.3 is 15.2 Å². The molecule has 0 aliphatic carbocycles. The van der Waals surface area contributed by atoms with Gasteiger partial charge in [-0.2, -0.15) is 0 Å². The number of anilines is 1. The number of likely N-dealkylation sites (tertiary alicyclic amines) is 1. The van der Waals surface area contributed by atoms with Crippen molar-refractivity contribution in [3.05, 3.63) is 18.0 Å². The quantitative estimate of drug-likeness (QED) is 0.850. The molecule has 94 valence electrons. The van der Waals surface area contributed by atoms with E-state index in [9.17, 15) is 4.79 Å². The molecular weight excluding hydrogens is 214 g/mol. The van der Waals surface area contributed by atoms with E-state index in [0.29, 0.717) is 17.3 Å². The zero-order chi connectivity index (χ0) is 12.4. The molecule has 17 heavy (non-hydrogen) atoms. The second kappa shape index (κ2) is 4.82. The van der Waals surface area contributed by atoms with E-state index in [2.05, 4.69) is 6.92 Å². The zero-order valence-electron chi connectivity index (χ0n) is 10.6. The molecular formula is C13H21N3O. The van der Waals surface area contributed by atoms with Crippen LogP contribution in [0.4, 0.5) is 5.69 Å².